The molecule has 2 heterocycles. The van der Waals surface area contributed by atoms with Crippen molar-refractivity contribution in [3.05, 3.63) is 0 Å². The predicted octanol–water partition coefficient (Wildman–Crippen LogP) is -0.142. The molecular weight excluding hydrogens is 220 g/mol. The molecule has 0 aliphatic carbocycles. The van der Waals surface area contributed by atoms with Crippen LogP contribution in [0.5, 0.6) is 0 Å². The van der Waals surface area contributed by atoms with E-state index < -0.39 is 0 Å². The van der Waals surface area contributed by atoms with Gasteiger partial charge in [0.25, 0.3) is 0 Å². The molecule has 1 amide bonds. The summed E-state index contributed by atoms with van der Waals surface area (Å²) in [6, 6.07) is 0.349. The SMILES string of the molecule is CCNC1COCC1C(=O)N1CCOC[C@H]1C. The molecule has 5 heteroatoms. The van der Waals surface area contributed by atoms with E-state index in [2.05, 4.69) is 12.2 Å². The molecule has 2 unspecified atom stereocenters. The van der Waals surface area contributed by atoms with E-state index in [9.17, 15) is 4.79 Å². The van der Waals surface area contributed by atoms with Gasteiger partial charge in [0.05, 0.1) is 38.4 Å². The highest BCUT2D eigenvalue weighted by Gasteiger charge is 2.38. The Labute approximate surface area is 102 Å². The largest absolute Gasteiger partial charge is 0.379 e. The van der Waals surface area contributed by atoms with Crippen molar-refractivity contribution in [1.29, 1.82) is 0 Å². The van der Waals surface area contributed by atoms with Gasteiger partial charge in [-0.15, -0.1) is 0 Å². The minimum Gasteiger partial charge on any atom is -0.379 e. The maximum Gasteiger partial charge on any atom is 0.230 e. The topological polar surface area (TPSA) is 50.8 Å². The lowest BCUT2D eigenvalue weighted by Gasteiger charge is -2.35. The molecule has 0 bridgehead atoms. The molecule has 2 aliphatic heterocycles. The van der Waals surface area contributed by atoms with E-state index in [0.717, 1.165) is 6.54 Å². The van der Waals surface area contributed by atoms with E-state index in [1.54, 1.807) is 0 Å². The standard InChI is InChI=1S/C12H22N2O3/c1-3-13-11-8-17-7-10(11)12(15)14-4-5-16-6-9(14)2/h9-11,13H,3-8H2,1-2H3/t9-,10?,11?/m1/s1. The predicted molar refractivity (Wildman–Crippen MR) is 63.8 cm³/mol. The summed E-state index contributed by atoms with van der Waals surface area (Å²) in [7, 11) is 0. The Kier molecular flexibility index (Phi) is 4.36. The van der Waals surface area contributed by atoms with Gasteiger partial charge >= 0.3 is 0 Å². The zero-order chi connectivity index (χ0) is 12.3. The Bertz CT molecular complexity index is 272. The molecule has 0 aromatic rings. The van der Waals surface area contributed by atoms with Crippen molar-refractivity contribution >= 4 is 5.91 Å². The van der Waals surface area contributed by atoms with Crippen LogP contribution in [0.25, 0.3) is 0 Å². The first kappa shape index (κ1) is 12.8. The summed E-state index contributed by atoms with van der Waals surface area (Å²) in [6.45, 7) is 8.14. The number of nitrogens with one attached hydrogen (secondary N) is 1. The van der Waals surface area contributed by atoms with Crippen LogP contribution in [0, 0.1) is 5.92 Å². The van der Waals surface area contributed by atoms with Gasteiger partial charge in [0.1, 0.15) is 0 Å². The molecule has 3 atom stereocenters. The van der Waals surface area contributed by atoms with Crippen LogP contribution in [0.1, 0.15) is 13.8 Å². The second-order valence-electron chi connectivity index (χ2n) is 4.76. The second kappa shape index (κ2) is 5.80. The monoisotopic (exact) mass is 242 g/mol. The maximum atomic E-state index is 12.4. The molecule has 17 heavy (non-hydrogen) atoms. The van der Waals surface area contributed by atoms with Crippen LogP contribution in [0.15, 0.2) is 0 Å². The van der Waals surface area contributed by atoms with Crippen molar-refractivity contribution in [3.63, 3.8) is 0 Å². The average molecular weight is 242 g/mol. The summed E-state index contributed by atoms with van der Waals surface area (Å²) in [6.07, 6.45) is 0. The first-order valence-corrected chi connectivity index (χ1v) is 6.43. The molecule has 0 radical (unpaired) electrons. The third-order valence-corrected chi connectivity index (χ3v) is 3.51. The normalized spacial score (nSPS) is 34.0. The smallest absolute Gasteiger partial charge is 0.230 e. The van der Waals surface area contributed by atoms with Gasteiger partial charge in [-0.2, -0.15) is 0 Å². The number of amides is 1. The number of carbonyl (C=O) groups is 1. The van der Waals surface area contributed by atoms with Crippen LogP contribution < -0.4 is 5.32 Å². The van der Waals surface area contributed by atoms with Gasteiger partial charge in [-0.3, -0.25) is 4.79 Å². The molecular formula is C12H22N2O3. The fourth-order valence-corrected chi connectivity index (χ4v) is 2.53. The molecule has 2 rings (SSSR count). The molecule has 2 aliphatic rings. The number of ether oxygens (including phenoxy) is 2. The van der Waals surface area contributed by atoms with Crippen LogP contribution in [-0.2, 0) is 14.3 Å². The Morgan fingerprint density at radius 1 is 1.35 bits per heavy atom. The van der Waals surface area contributed by atoms with Crippen LogP contribution in [0.4, 0.5) is 0 Å². The molecule has 2 saturated heterocycles. The summed E-state index contributed by atoms with van der Waals surface area (Å²) in [5.41, 5.74) is 0. The number of carbonyl (C=O) groups excluding carboxylic acids is 1. The van der Waals surface area contributed by atoms with Crippen molar-refractivity contribution in [1.82, 2.24) is 10.2 Å². The van der Waals surface area contributed by atoms with Crippen molar-refractivity contribution in [3.8, 4) is 0 Å². The lowest BCUT2D eigenvalue weighted by atomic mass is 10.0. The fourth-order valence-electron chi connectivity index (χ4n) is 2.53. The number of rotatable bonds is 3. The number of hydrogen-bond acceptors (Lipinski definition) is 4. The lowest BCUT2D eigenvalue weighted by Crippen LogP contribution is -2.52. The summed E-state index contributed by atoms with van der Waals surface area (Å²) < 4.78 is 10.8. The summed E-state index contributed by atoms with van der Waals surface area (Å²) in [4.78, 5) is 14.4. The highest BCUT2D eigenvalue weighted by Crippen LogP contribution is 2.19. The maximum absolute atomic E-state index is 12.4. The first-order valence-electron chi connectivity index (χ1n) is 6.43. The molecule has 0 spiro atoms. The molecule has 0 aromatic heterocycles. The summed E-state index contributed by atoms with van der Waals surface area (Å²) in [5.74, 6) is 0.180. The molecule has 2 fully saturated rings. The minimum absolute atomic E-state index is 0.0319. The summed E-state index contributed by atoms with van der Waals surface area (Å²) in [5, 5.41) is 3.33. The Hall–Kier alpha value is -0.650. The van der Waals surface area contributed by atoms with Gasteiger partial charge in [0, 0.05) is 12.6 Å². The third kappa shape index (κ3) is 2.78. The number of likely N-dealkylation sites (N-methyl/N-ethyl adjacent to an activating group) is 1. The highest BCUT2D eigenvalue weighted by atomic mass is 16.5. The Morgan fingerprint density at radius 3 is 2.88 bits per heavy atom. The van der Waals surface area contributed by atoms with E-state index >= 15 is 0 Å². The number of nitrogens with zero attached hydrogens (tertiary/aromatic N) is 1. The molecule has 0 saturated carbocycles. The van der Waals surface area contributed by atoms with Gasteiger partial charge in [0.15, 0.2) is 0 Å². The van der Waals surface area contributed by atoms with Crippen molar-refractivity contribution in [2.24, 2.45) is 5.92 Å². The summed E-state index contributed by atoms with van der Waals surface area (Å²) >= 11 is 0. The molecule has 0 aromatic carbocycles. The number of hydrogen-bond donors (Lipinski definition) is 1. The quantitative estimate of drug-likeness (QED) is 0.748. The zero-order valence-corrected chi connectivity index (χ0v) is 10.6. The molecule has 98 valence electrons. The highest BCUT2D eigenvalue weighted by molar-refractivity contribution is 5.80. The van der Waals surface area contributed by atoms with Gasteiger partial charge in [-0.1, -0.05) is 6.92 Å². The van der Waals surface area contributed by atoms with Crippen LogP contribution in [0.3, 0.4) is 0 Å². The van der Waals surface area contributed by atoms with Gasteiger partial charge in [-0.05, 0) is 13.5 Å². The van der Waals surface area contributed by atoms with E-state index in [1.807, 2.05) is 11.8 Å². The average Bonchev–Trinajstić information content (AvgIpc) is 2.78. The van der Waals surface area contributed by atoms with E-state index in [0.29, 0.717) is 33.0 Å². The molecule has 1 N–H and O–H groups in total. The zero-order valence-electron chi connectivity index (χ0n) is 10.6. The van der Waals surface area contributed by atoms with E-state index in [-0.39, 0.29) is 23.9 Å². The Morgan fingerprint density at radius 2 is 2.18 bits per heavy atom. The molecule has 5 nitrogen and oxygen atoms in total. The minimum atomic E-state index is -0.0319. The van der Waals surface area contributed by atoms with E-state index in [1.165, 1.54) is 0 Å². The fraction of sp³-hybridized carbons (Fsp3) is 0.917. The second-order valence-corrected chi connectivity index (χ2v) is 4.76. The Balaban J connectivity index is 1.97. The number of morpholine rings is 1. The van der Waals surface area contributed by atoms with Crippen molar-refractivity contribution in [2.45, 2.75) is 25.9 Å². The van der Waals surface area contributed by atoms with Crippen molar-refractivity contribution < 1.29 is 14.3 Å². The lowest BCUT2D eigenvalue weighted by molar-refractivity contribution is -0.144. The van der Waals surface area contributed by atoms with Gasteiger partial charge < -0.3 is 19.7 Å². The third-order valence-electron chi connectivity index (χ3n) is 3.51. The van der Waals surface area contributed by atoms with Gasteiger partial charge in [-0.25, -0.2) is 0 Å². The van der Waals surface area contributed by atoms with Crippen LogP contribution in [-0.4, -0.2) is 62.4 Å². The van der Waals surface area contributed by atoms with Crippen LogP contribution in [0.2, 0.25) is 0 Å². The van der Waals surface area contributed by atoms with E-state index in [4.69, 9.17) is 9.47 Å². The first-order chi connectivity index (χ1) is 8.24. The van der Waals surface area contributed by atoms with Gasteiger partial charge in [0.2, 0.25) is 5.91 Å². The van der Waals surface area contributed by atoms with Crippen molar-refractivity contribution in [2.75, 3.05) is 39.5 Å². The van der Waals surface area contributed by atoms with Crippen LogP contribution >= 0.6 is 0 Å².